The van der Waals surface area contributed by atoms with E-state index in [4.69, 9.17) is 14.5 Å². The van der Waals surface area contributed by atoms with E-state index in [2.05, 4.69) is 39.1 Å². The Labute approximate surface area is 195 Å². The lowest BCUT2D eigenvalue weighted by Crippen LogP contribution is -2.52. The number of ether oxygens (including phenoxy) is 2. The number of aryl methyl sites for hydroxylation is 1. The first-order chi connectivity index (χ1) is 16.1. The van der Waals surface area contributed by atoms with Gasteiger partial charge in [0.25, 0.3) is 0 Å². The summed E-state index contributed by atoms with van der Waals surface area (Å²) in [6.45, 7) is 8.90. The molecule has 0 atom stereocenters. The van der Waals surface area contributed by atoms with Crippen LogP contribution < -0.4 is 14.4 Å². The molecule has 8 heteroatoms. The second kappa shape index (κ2) is 9.19. The standard InChI is InChI=1S/C25H34N6O2/c1-18-13-19(14-23(32-3)24(18)33-4)22-16-27-31-17-21(15-26-25(22)31)29-7-5-20(6-8-29)30-11-9-28(2)10-12-30/h13-17,20H,5-12H2,1-4H3. The second-order valence-electron chi connectivity index (χ2n) is 9.22. The van der Waals surface area contributed by atoms with Gasteiger partial charge < -0.3 is 19.3 Å². The van der Waals surface area contributed by atoms with Crippen molar-refractivity contribution in [3.05, 3.63) is 36.3 Å². The molecule has 0 unspecified atom stereocenters. The van der Waals surface area contributed by atoms with Gasteiger partial charge >= 0.3 is 0 Å². The van der Waals surface area contributed by atoms with Gasteiger partial charge in [-0.15, -0.1) is 0 Å². The van der Waals surface area contributed by atoms with Crippen LogP contribution in [0.2, 0.25) is 0 Å². The summed E-state index contributed by atoms with van der Waals surface area (Å²) in [5.74, 6) is 1.47. The molecule has 0 bridgehead atoms. The zero-order valence-electron chi connectivity index (χ0n) is 20.1. The summed E-state index contributed by atoms with van der Waals surface area (Å²) in [7, 11) is 5.54. The zero-order chi connectivity index (χ0) is 22.9. The van der Waals surface area contributed by atoms with E-state index < -0.39 is 0 Å². The van der Waals surface area contributed by atoms with Crippen LogP contribution in [0.25, 0.3) is 16.8 Å². The Bertz CT molecular complexity index is 1110. The van der Waals surface area contributed by atoms with Gasteiger partial charge in [-0.25, -0.2) is 9.50 Å². The Hall–Kier alpha value is -2.84. The maximum Gasteiger partial charge on any atom is 0.163 e. The molecule has 3 aromatic rings. The molecule has 176 valence electrons. The van der Waals surface area contributed by atoms with E-state index in [0.29, 0.717) is 11.8 Å². The highest BCUT2D eigenvalue weighted by Crippen LogP contribution is 2.37. The fourth-order valence-corrected chi connectivity index (χ4v) is 5.22. The third-order valence-electron chi connectivity index (χ3n) is 7.20. The largest absolute Gasteiger partial charge is 0.493 e. The number of anilines is 1. The fraction of sp³-hybridized carbons (Fsp3) is 0.520. The first kappa shape index (κ1) is 22.0. The molecular formula is C25H34N6O2. The Kier molecular flexibility index (Phi) is 6.12. The van der Waals surface area contributed by atoms with Crippen molar-refractivity contribution in [3.63, 3.8) is 0 Å². The van der Waals surface area contributed by atoms with E-state index >= 15 is 0 Å². The topological polar surface area (TPSA) is 58.4 Å². The van der Waals surface area contributed by atoms with Gasteiger partial charge in [0.05, 0.1) is 38.5 Å². The van der Waals surface area contributed by atoms with Crippen LogP contribution in [0.5, 0.6) is 11.5 Å². The van der Waals surface area contributed by atoms with Crippen molar-refractivity contribution in [1.82, 2.24) is 24.4 Å². The van der Waals surface area contributed by atoms with Gasteiger partial charge in [-0.1, -0.05) is 0 Å². The molecule has 0 saturated carbocycles. The summed E-state index contributed by atoms with van der Waals surface area (Å²) in [6.07, 6.45) is 8.39. The van der Waals surface area contributed by atoms with Gasteiger partial charge in [-0.3, -0.25) is 4.90 Å². The number of fused-ring (bicyclic) bond motifs is 1. The van der Waals surface area contributed by atoms with Crippen molar-refractivity contribution in [2.45, 2.75) is 25.8 Å². The van der Waals surface area contributed by atoms with Crippen LogP contribution in [0.3, 0.4) is 0 Å². The molecule has 0 spiro atoms. The minimum Gasteiger partial charge on any atom is -0.493 e. The lowest BCUT2D eigenvalue weighted by Gasteiger charge is -2.42. The van der Waals surface area contributed by atoms with Crippen LogP contribution in [-0.2, 0) is 0 Å². The number of aromatic nitrogens is 3. The normalized spacial score (nSPS) is 18.7. The van der Waals surface area contributed by atoms with Gasteiger partial charge in [0.15, 0.2) is 17.1 Å². The molecule has 0 radical (unpaired) electrons. The van der Waals surface area contributed by atoms with Gasteiger partial charge in [0, 0.05) is 50.9 Å². The molecule has 0 N–H and O–H groups in total. The summed E-state index contributed by atoms with van der Waals surface area (Å²) in [5.41, 5.74) is 5.01. The number of hydrogen-bond donors (Lipinski definition) is 0. The molecule has 0 amide bonds. The molecule has 4 heterocycles. The minimum atomic E-state index is 0.705. The molecule has 2 saturated heterocycles. The molecule has 33 heavy (non-hydrogen) atoms. The molecule has 1 aromatic carbocycles. The van der Waals surface area contributed by atoms with Gasteiger partial charge in [-0.2, -0.15) is 5.10 Å². The Morgan fingerprint density at radius 2 is 1.70 bits per heavy atom. The summed E-state index contributed by atoms with van der Waals surface area (Å²) in [6, 6.07) is 4.79. The number of rotatable bonds is 5. The number of piperidine rings is 1. The first-order valence-corrected chi connectivity index (χ1v) is 11.8. The predicted octanol–water partition coefficient (Wildman–Crippen LogP) is 2.94. The lowest BCUT2D eigenvalue weighted by atomic mass is 10.0. The average Bonchev–Trinajstić information content (AvgIpc) is 3.27. The highest BCUT2D eigenvalue weighted by molar-refractivity contribution is 5.79. The highest BCUT2D eigenvalue weighted by atomic mass is 16.5. The Balaban J connectivity index is 1.33. The smallest absolute Gasteiger partial charge is 0.163 e. The van der Waals surface area contributed by atoms with Gasteiger partial charge in [-0.05, 0) is 50.1 Å². The van der Waals surface area contributed by atoms with Crippen LogP contribution in [0, 0.1) is 6.92 Å². The van der Waals surface area contributed by atoms with Crippen LogP contribution in [0.15, 0.2) is 30.7 Å². The molecule has 8 nitrogen and oxygen atoms in total. The van der Waals surface area contributed by atoms with E-state index in [0.717, 1.165) is 46.9 Å². The number of piperazine rings is 1. The van der Waals surface area contributed by atoms with Gasteiger partial charge in [0.1, 0.15) is 0 Å². The maximum absolute atomic E-state index is 5.54. The average molecular weight is 451 g/mol. The van der Waals surface area contributed by atoms with E-state index in [9.17, 15) is 0 Å². The summed E-state index contributed by atoms with van der Waals surface area (Å²) >= 11 is 0. The highest BCUT2D eigenvalue weighted by Gasteiger charge is 2.27. The van der Waals surface area contributed by atoms with E-state index in [1.54, 1.807) is 14.2 Å². The van der Waals surface area contributed by atoms with Crippen molar-refractivity contribution in [1.29, 1.82) is 0 Å². The number of likely N-dealkylation sites (N-methyl/N-ethyl adjacent to an activating group) is 1. The Morgan fingerprint density at radius 3 is 2.39 bits per heavy atom. The summed E-state index contributed by atoms with van der Waals surface area (Å²) in [4.78, 5) is 12.4. The van der Waals surface area contributed by atoms with Crippen molar-refractivity contribution < 1.29 is 9.47 Å². The van der Waals surface area contributed by atoms with Gasteiger partial charge in [0.2, 0.25) is 0 Å². The number of nitrogens with zero attached hydrogens (tertiary/aromatic N) is 6. The van der Waals surface area contributed by atoms with Crippen LogP contribution in [0.1, 0.15) is 18.4 Å². The number of benzene rings is 1. The van der Waals surface area contributed by atoms with Crippen LogP contribution >= 0.6 is 0 Å². The van der Waals surface area contributed by atoms with Crippen LogP contribution in [-0.4, -0.2) is 91.0 Å². The number of methoxy groups -OCH3 is 2. The molecular weight excluding hydrogens is 416 g/mol. The molecule has 2 fully saturated rings. The van der Waals surface area contributed by atoms with Crippen molar-refractivity contribution >= 4 is 11.3 Å². The second-order valence-corrected chi connectivity index (χ2v) is 9.22. The molecule has 5 rings (SSSR count). The molecule has 2 aliphatic rings. The SMILES string of the molecule is COc1cc(-c2cnn3cc(N4CCC(N5CCN(C)CC5)CC4)cnc23)cc(C)c1OC. The molecule has 2 aromatic heterocycles. The van der Waals surface area contributed by atoms with Crippen molar-refractivity contribution in [2.75, 3.05) is 65.4 Å². The zero-order valence-corrected chi connectivity index (χ0v) is 20.1. The Morgan fingerprint density at radius 1 is 0.939 bits per heavy atom. The van der Waals surface area contributed by atoms with Crippen molar-refractivity contribution in [2.24, 2.45) is 0 Å². The third kappa shape index (κ3) is 4.25. The monoisotopic (exact) mass is 450 g/mol. The third-order valence-corrected chi connectivity index (χ3v) is 7.20. The fourth-order valence-electron chi connectivity index (χ4n) is 5.22. The maximum atomic E-state index is 5.54. The molecule has 2 aliphatic heterocycles. The lowest BCUT2D eigenvalue weighted by molar-refractivity contribution is 0.0982. The van der Waals surface area contributed by atoms with E-state index in [1.807, 2.05) is 29.9 Å². The van der Waals surface area contributed by atoms with E-state index in [-0.39, 0.29) is 0 Å². The summed E-state index contributed by atoms with van der Waals surface area (Å²) < 4.78 is 12.9. The summed E-state index contributed by atoms with van der Waals surface area (Å²) in [5, 5.41) is 4.62. The van der Waals surface area contributed by atoms with Crippen molar-refractivity contribution in [3.8, 4) is 22.6 Å². The van der Waals surface area contributed by atoms with Crippen LogP contribution in [0.4, 0.5) is 5.69 Å². The first-order valence-electron chi connectivity index (χ1n) is 11.8. The molecule has 0 aliphatic carbocycles. The predicted molar refractivity (Wildman–Crippen MR) is 131 cm³/mol. The quantitative estimate of drug-likeness (QED) is 0.592. The minimum absolute atomic E-state index is 0.705. The van der Waals surface area contributed by atoms with E-state index in [1.165, 1.54) is 39.0 Å². The number of hydrogen-bond acceptors (Lipinski definition) is 7.